The minimum absolute atomic E-state index is 0.146. The molecule has 0 spiro atoms. The summed E-state index contributed by atoms with van der Waals surface area (Å²) in [5.74, 6) is 2.54. The van der Waals surface area contributed by atoms with Crippen LogP contribution in [0.5, 0.6) is 0 Å². The number of halogens is 1. The fourth-order valence-electron chi connectivity index (χ4n) is 6.26. The summed E-state index contributed by atoms with van der Waals surface area (Å²) in [6, 6.07) is 4.00. The maximum Gasteiger partial charge on any atom is 0.157 e. The lowest BCUT2D eigenvalue weighted by atomic mass is 9.83. The fourth-order valence-corrected chi connectivity index (χ4v) is 6.53. The van der Waals surface area contributed by atoms with Gasteiger partial charge in [-0.2, -0.15) is 0 Å². The number of aldehydes is 1. The Morgan fingerprint density at radius 3 is 2.04 bits per heavy atom. The van der Waals surface area contributed by atoms with Gasteiger partial charge in [-0.25, -0.2) is 0 Å². The van der Waals surface area contributed by atoms with Crippen molar-refractivity contribution in [1.82, 2.24) is 4.57 Å². The van der Waals surface area contributed by atoms with Crippen molar-refractivity contribution in [2.24, 2.45) is 23.7 Å². The quantitative estimate of drug-likeness (QED) is 0.105. The zero-order chi connectivity index (χ0) is 38.4. The molecule has 0 saturated carbocycles. The molecule has 1 aliphatic carbocycles. The van der Waals surface area contributed by atoms with Crippen LogP contribution in [0.1, 0.15) is 144 Å². The van der Waals surface area contributed by atoms with Crippen LogP contribution < -0.4 is 0 Å². The average Bonchev–Trinajstić information content (AvgIpc) is 3.40. The van der Waals surface area contributed by atoms with Gasteiger partial charge in [0.05, 0.1) is 12.1 Å². The fraction of sp³-hybridized carbons (Fsp3) is 0.565. The van der Waals surface area contributed by atoms with Crippen LogP contribution in [0.2, 0.25) is 5.02 Å². The summed E-state index contributed by atoms with van der Waals surface area (Å²) >= 11 is 6.50. The van der Waals surface area contributed by atoms with Crippen LogP contribution in [0.3, 0.4) is 0 Å². The first-order chi connectivity index (χ1) is 23.9. The number of hydrogen-bond acceptors (Lipinski definition) is 2. The third-order valence-electron chi connectivity index (χ3n) is 10.00. The van der Waals surface area contributed by atoms with Gasteiger partial charge in [-0.15, -0.1) is 0 Å². The van der Waals surface area contributed by atoms with Gasteiger partial charge in [-0.05, 0) is 97.8 Å². The first-order valence-corrected chi connectivity index (χ1v) is 19.9. The number of carbonyl (C=O) groups is 2. The zero-order valence-electron chi connectivity index (χ0n) is 34.1. The molecule has 3 nitrogen and oxygen atoms in total. The molecule has 0 N–H and O–H groups in total. The van der Waals surface area contributed by atoms with Gasteiger partial charge in [0.2, 0.25) is 0 Å². The number of nitrogens with zero attached hydrogens (tertiary/aromatic N) is 1. The summed E-state index contributed by atoms with van der Waals surface area (Å²) in [4.78, 5) is 22.1. The monoisotopic (exact) mass is 706 g/mol. The molecule has 1 heterocycles. The Balaban J connectivity index is 0.00000110. The third kappa shape index (κ3) is 14.4. The highest BCUT2D eigenvalue weighted by atomic mass is 35.5. The van der Waals surface area contributed by atoms with E-state index in [9.17, 15) is 9.59 Å². The highest BCUT2D eigenvalue weighted by molar-refractivity contribution is 6.31. The van der Waals surface area contributed by atoms with Gasteiger partial charge in [-0.3, -0.25) is 4.79 Å². The Hall–Kier alpha value is -2.91. The van der Waals surface area contributed by atoms with Crippen molar-refractivity contribution in [3.63, 3.8) is 0 Å². The van der Waals surface area contributed by atoms with Gasteiger partial charge < -0.3 is 9.36 Å². The van der Waals surface area contributed by atoms with E-state index in [0.29, 0.717) is 17.5 Å². The van der Waals surface area contributed by atoms with Crippen LogP contribution in [-0.4, -0.2) is 16.6 Å². The van der Waals surface area contributed by atoms with E-state index in [-0.39, 0.29) is 11.7 Å². The van der Waals surface area contributed by atoms with Crippen molar-refractivity contribution in [1.29, 1.82) is 0 Å². The molecule has 1 aromatic carbocycles. The minimum Gasteiger partial charge on any atom is -0.337 e. The molecule has 0 amide bonds. The van der Waals surface area contributed by atoms with E-state index >= 15 is 0 Å². The van der Waals surface area contributed by atoms with Crippen molar-refractivity contribution >= 4 is 40.1 Å². The number of allylic oxidation sites excluding steroid dienone is 8. The van der Waals surface area contributed by atoms with Crippen LogP contribution in [-0.2, 0) is 16.1 Å². The van der Waals surface area contributed by atoms with Crippen LogP contribution >= 0.6 is 11.6 Å². The Morgan fingerprint density at radius 2 is 1.62 bits per heavy atom. The van der Waals surface area contributed by atoms with Crippen molar-refractivity contribution in [3.05, 3.63) is 88.7 Å². The molecular formula is C46H72ClNO2. The number of aryl methyl sites for hydroxylation is 1. The molecule has 3 atom stereocenters. The van der Waals surface area contributed by atoms with E-state index < -0.39 is 0 Å². The molecule has 0 radical (unpaired) electrons. The SMILES string of the molecule is C=C/C(=C(\C=C/C(C)CC)C1=CCC(C)CC1)c1c(C)n(CC=O)c2c(C)cc(Cl)cc12.C=CC(=O)C(C)CC.CC.CCCC(CC)CC. The van der Waals surface area contributed by atoms with Gasteiger partial charge in [0.1, 0.15) is 6.29 Å². The summed E-state index contributed by atoms with van der Waals surface area (Å²) < 4.78 is 2.11. The molecular weight excluding hydrogens is 634 g/mol. The van der Waals surface area contributed by atoms with Crippen molar-refractivity contribution in [2.75, 3.05) is 0 Å². The number of aromatic nitrogens is 1. The van der Waals surface area contributed by atoms with Crippen LogP contribution in [0.25, 0.3) is 16.5 Å². The van der Waals surface area contributed by atoms with E-state index in [2.05, 4.69) is 91.3 Å². The van der Waals surface area contributed by atoms with Crippen LogP contribution in [0.4, 0.5) is 0 Å². The topological polar surface area (TPSA) is 39.1 Å². The molecule has 0 bridgehead atoms. The Kier molecular flexibility index (Phi) is 24.4. The molecule has 0 saturated heterocycles. The Morgan fingerprint density at radius 1 is 0.980 bits per heavy atom. The van der Waals surface area contributed by atoms with Crippen molar-refractivity contribution in [2.45, 2.75) is 147 Å². The van der Waals surface area contributed by atoms with E-state index in [1.807, 2.05) is 45.9 Å². The zero-order valence-corrected chi connectivity index (χ0v) is 34.8. The van der Waals surface area contributed by atoms with Crippen LogP contribution in [0, 0.1) is 37.5 Å². The number of fused-ring (bicyclic) bond motifs is 1. The molecule has 0 aliphatic heterocycles. The van der Waals surface area contributed by atoms with E-state index in [1.54, 1.807) is 0 Å². The number of ketones is 1. The maximum atomic E-state index is 11.5. The molecule has 1 aliphatic rings. The standard InChI is InChI=1S/C29H36ClNO.C8H18.C7H12O.C2H6/c1-7-19(3)11-14-26(23-12-9-20(4)10-13-23)25(8-2)28-22(6)31(15-16-32)29-21(5)17-24(30)18-27(28)29;1-4-7-8(5-2)6-3;1-4-6(3)7(8)5-2;1-2/h8,11-12,14,16-20H,2,7,9-10,13,15H2,1,3-6H3;8H,4-7H2,1-3H3;5-6H,2,4H2,1,3H3;1-2H3/b14-11-,26-25-;;;. The highest BCUT2D eigenvalue weighted by Gasteiger charge is 2.22. The molecule has 280 valence electrons. The Labute approximate surface area is 313 Å². The molecule has 2 aromatic rings. The van der Waals surface area contributed by atoms with E-state index in [4.69, 9.17) is 11.6 Å². The number of carbonyl (C=O) groups excluding carboxylic acids is 2. The summed E-state index contributed by atoms with van der Waals surface area (Å²) in [6.45, 7) is 33.6. The Bertz CT molecular complexity index is 1430. The lowest BCUT2D eigenvalue weighted by Crippen LogP contribution is -2.05. The first-order valence-electron chi connectivity index (χ1n) is 19.5. The molecule has 0 fully saturated rings. The summed E-state index contributed by atoms with van der Waals surface area (Å²) in [5, 5.41) is 1.80. The molecule has 50 heavy (non-hydrogen) atoms. The maximum absolute atomic E-state index is 11.5. The predicted molar refractivity (Wildman–Crippen MR) is 224 cm³/mol. The van der Waals surface area contributed by atoms with E-state index in [0.717, 1.165) is 77.1 Å². The normalized spacial score (nSPS) is 15.7. The lowest BCUT2D eigenvalue weighted by molar-refractivity contribution is -0.117. The van der Waals surface area contributed by atoms with Gasteiger partial charge in [0.25, 0.3) is 0 Å². The largest absolute Gasteiger partial charge is 0.337 e. The second-order valence-electron chi connectivity index (χ2n) is 13.6. The molecule has 4 heteroatoms. The van der Waals surface area contributed by atoms with E-state index in [1.165, 1.54) is 49.3 Å². The number of hydrogen-bond donors (Lipinski definition) is 0. The second kappa shape index (κ2) is 26.0. The number of benzene rings is 1. The predicted octanol–water partition coefficient (Wildman–Crippen LogP) is 14.4. The first kappa shape index (κ1) is 47.1. The molecule has 3 rings (SSSR count). The van der Waals surface area contributed by atoms with Crippen molar-refractivity contribution < 1.29 is 9.59 Å². The average molecular weight is 707 g/mol. The van der Waals surface area contributed by atoms with Gasteiger partial charge in [-0.1, -0.05) is 150 Å². The second-order valence-corrected chi connectivity index (χ2v) is 14.1. The summed E-state index contributed by atoms with van der Waals surface area (Å²) in [7, 11) is 0. The van der Waals surface area contributed by atoms with Gasteiger partial charge >= 0.3 is 0 Å². The summed E-state index contributed by atoms with van der Waals surface area (Å²) in [5.41, 5.74) is 8.13. The lowest BCUT2D eigenvalue weighted by Gasteiger charge is -2.22. The highest BCUT2D eigenvalue weighted by Crippen LogP contribution is 2.40. The van der Waals surface area contributed by atoms with Crippen molar-refractivity contribution in [3.8, 4) is 0 Å². The molecule has 1 aromatic heterocycles. The molecule has 3 unspecified atom stereocenters. The summed E-state index contributed by atoms with van der Waals surface area (Å²) in [6.07, 6.45) is 22.3. The minimum atomic E-state index is 0.146. The van der Waals surface area contributed by atoms with Gasteiger partial charge in [0.15, 0.2) is 5.78 Å². The van der Waals surface area contributed by atoms with Crippen LogP contribution in [0.15, 0.2) is 66.8 Å². The smallest absolute Gasteiger partial charge is 0.157 e. The van der Waals surface area contributed by atoms with Gasteiger partial charge in [0, 0.05) is 27.6 Å². The number of rotatable bonds is 15. The third-order valence-corrected chi connectivity index (χ3v) is 10.2.